The lowest BCUT2D eigenvalue weighted by atomic mass is 9.95. The molecule has 1 aliphatic carbocycles. The predicted molar refractivity (Wildman–Crippen MR) is 105 cm³/mol. The van der Waals surface area contributed by atoms with Crippen molar-refractivity contribution in [3.8, 4) is 0 Å². The Morgan fingerprint density at radius 1 is 1.16 bits per heavy atom. The van der Waals surface area contributed by atoms with Crippen LogP contribution in [0.15, 0.2) is 59.2 Å². The van der Waals surface area contributed by atoms with Crippen LogP contribution < -0.4 is 5.32 Å². The van der Waals surface area contributed by atoms with E-state index in [1.165, 1.54) is 16.5 Å². The second kappa shape index (κ2) is 6.34. The van der Waals surface area contributed by atoms with Crippen molar-refractivity contribution < 1.29 is 4.79 Å². The number of nitrogens with one attached hydrogen (secondary N) is 1. The summed E-state index contributed by atoms with van der Waals surface area (Å²) in [5.41, 5.74) is 3.75. The molecule has 4 heteroatoms. The van der Waals surface area contributed by atoms with Crippen LogP contribution in [-0.4, -0.2) is 17.0 Å². The Balaban J connectivity index is 1.49. The topological polar surface area (TPSA) is 34.0 Å². The van der Waals surface area contributed by atoms with E-state index in [0.29, 0.717) is 13.0 Å². The SMILES string of the molecule is Cn1cc(C2(CNC(=O)Cc3ccccc3Br)CC2)c2ccccc21. The Hall–Kier alpha value is -2.07. The van der Waals surface area contributed by atoms with Crippen molar-refractivity contribution in [1.29, 1.82) is 0 Å². The highest BCUT2D eigenvalue weighted by Crippen LogP contribution is 2.50. The monoisotopic (exact) mass is 396 g/mol. The fourth-order valence-corrected chi connectivity index (χ4v) is 4.03. The van der Waals surface area contributed by atoms with Crippen LogP contribution in [-0.2, 0) is 23.7 Å². The molecule has 0 atom stereocenters. The van der Waals surface area contributed by atoms with Gasteiger partial charge in [0, 0.05) is 40.6 Å². The van der Waals surface area contributed by atoms with Crippen molar-refractivity contribution in [2.75, 3.05) is 6.54 Å². The summed E-state index contributed by atoms with van der Waals surface area (Å²) in [5, 5.41) is 4.47. The lowest BCUT2D eigenvalue weighted by molar-refractivity contribution is -0.120. The van der Waals surface area contributed by atoms with Gasteiger partial charge < -0.3 is 9.88 Å². The number of aromatic nitrogens is 1. The van der Waals surface area contributed by atoms with E-state index in [4.69, 9.17) is 0 Å². The maximum Gasteiger partial charge on any atom is 0.224 e. The maximum atomic E-state index is 12.4. The third-order valence-electron chi connectivity index (χ3n) is 5.25. The van der Waals surface area contributed by atoms with Crippen LogP contribution in [0.25, 0.3) is 10.9 Å². The largest absolute Gasteiger partial charge is 0.355 e. The highest BCUT2D eigenvalue weighted by atomic mass is 79.9. The van der Waals surface area contributed by atoms with Crippen LogP contribution in [0, 0.1) is 0 Å². The van der Waals surface area contributed by atoms with Crippen LogP contribution in [0.3, 0.4) is 0 Å². The minimum Gasteiger partial charge on any atom is -0.355 e. The fourth-order valence-electron chi connectivity index (χ4n) is 3.60. The average molecular weight is 397 g/mol. The van der Waals surface area contributed by atoms with Crippen molar-refractivity contribution in [1.82, 2.24) is 9.88 Å². The van der Waals surface area contributed by atoms with Gasteiger partial charge in [-0.3, -0.25) is 4.79 Å². The molecule has 2 aromatic carbocycles. The van der Waals surface area contributed by atoms with Crippen LogP contribution in [0.1, 0.15) is 24.0 Å². The molecule has 1 aliphatic rings. The zero-order chi connectivity index (χ0) is 17.4. The molecule has 0 spiro atoms. The molecule has 0 saturated heterocycles. The van der Waals surface area contributed by atoms with Gasteiger partial charge in [-0.2, -0.15) is 0 Å². The number of hydrogen-bond donors (Lipinski definition) is 1. The van der Waals surface area contributed by atoms with Crippen LogP contribution >= 0.6 is 15.9 Å². The number of benzene rings is 2. The molecule has 3 aromatic rings. The van der Waals surface area contributed by atoms with Gasteiger partial charge in [0.15, 0.2) is 0 Å². The smallest absolute Gasteiger partial charge is 0.224 e. The molecule has 1 amide bonds. The van der Waals surface area contributed by atoms with E-state index in [2.05, 4.69) is 63.3 Å². The quantitative estimate of drug-likeness (QED) is 0.683. The summed E-state index contributed by atoms with van der Waals surface area (Å²) in [6.45, 7) is 0.713. The Morgan fingerprint density at radius 2 is 1.88 bits per heavy atom. The lowest BCUT2D eigenvalue weighted by Gasteiger charge is -2.16. The Labute approximate surface area is 156 Å². The second-order valence-corrected chi connectivity index (χ2v) is 7.85. The number of nitrogens with zero attached hydrogens (tertiary/aromatic N) is 1. The van der Waals surface area contributed by atoms with Gasteiger partial charge in [0.1, 0.15) is 0 Å². The number of halogens is 1. The highest BCUT2D eigenvalue weighted by molar-refractivity contribution is 9.10. The zero-order valence-corrected chi connectivity index (χ0v) is 15.8. The minimum absolute atomic E-state index is 0.0819. The second-order valence-electron chi connectivity index (χ2n) is 7.00. The molecule has 1 N–H and O–H groups in total. The first-order valence-electron chi connectivity index (χ1n) is 8.64. The molecule has 1 heterocycles. The normalized spacial score (nSPS) is 15.3. The molecule has 128 valence electrons. The van der Waals surface area contributed by atoms with E-state index in [9.17, 15) is 4.79 Å². The molecule has 1 fully saturated rings. The predicted octanol–water partition coefficient (Wildman–Crippen LogP) is 4.33. The van der Waals surface area contributed by atoms with Gasteiger partial charge in [-0.25, -0.2) is 0 Å². The number of hydrogen-bond acceptors (Lipinski definition) is 1. The third-order valence-corrected chi connectivity index (χ3v) is 6.03. The first-order chi connectivity index (χ1) is 12.1. The first-order valence-corrected chi connectivity index (χ1v) is 9.43. The molecular formula is C21H21BrN2O. The van der Waals surface area contributed by atoms with Crippen LogP contribution in [0.5, 0.6) is 0 Å². The van der Waals surface area contributed by atoms with Gasteiger partial charge in [0.2, 0.25) is 5.91 Å². The van der Waals surface area contributed by atoms with E-state index in [-0.39, 0.29) is 11.3 Å². The van der Waals surface area contributed by atoms with Crippen LogP contribution in [0.4, 0.5) is 0 Å². The number of para-hydroxylation sites is 1. The maximum absolute atomic E-state index is 12.4. The van der Waals surface area contributed by atoms with E-state index in [0.717, 1.165) is 22.9 Å². The van der Waals surface area contributed by atoms with Crippen molar-refractivity contribution in [3.63, 3.8) is 0 Å². The molecule has 0 radical (unpaired) electrons. The van der Waals surface area contributed by atoms with Crippen molar-refractivity contribution in [2.45, 2.75) is 24.7 Å². The van der Waals surface area contributed by atoms with Gasteiger partial charge in [0.05, 0.1) is 6.42 Å². The number of carbonyl (C=O) groups excluding carboxylic acids is 1. The van der Waals surface area contributed by atoms with Crippen molar-refractivity contribution in [2.24, 2.45) is 7.05 Å². The molecule has 1 saturated carbocycles. The van der Waals surface area contributed by atoms with Gasteiger partial charge in [-0.15, -0.1) is 0 Å². The number of rotatable bonds is 5. The van der Waals surface area contributed by atoms with Crippen molar-refractivity contribution >= 4 is 32.7 Å². The van der Waals surface area contributed by atoms with Gasteiger partial charge in [0.25, 0.3) is 0 Å². The summed E-state index contributed by atoms with van der Waals surface area (Å²) in [5.74, 6) is 0.0819. The molecule has 0 unspecified atom stereocenters. The third kappa shape index (κ3) is 3.11. The van der Waals surface area contributed by atoms with Crippen LogP contribution in [0.2, 0.25) is 0 Å². The molecule has 3 nitrogen and oxygen atoms in total. The first kappa shape index (κ1) is 16.4. The molecule has 0 aliphatic heterocycles. The fraction of sp³-hybridized carbons (Fsp3) is 0.286. The van der Waals surface area contributed by atoms with Crippen molar-refractivity contribution in [3.05, 3.63) is 70.3 Å². The molecule has 1 aromatic heterocycles. The summed E-state index contributed by atoms with van der Waals surface area (Å²) in [7, 11) is 2.09. The molecule has 25 heavy (non-hydrogen) atoms. The molecule has 4 rings (SSSR count). The summed E-state index contributed by atoms with van der Waals surface area (Å²) in [6, 6.07) is 16.4. The number of aryl methyl sites for hydroxylation is 1. The van der Waals surface area contributed by atoms with E-state index >= 15 is 0 Å². The number of amides is 1. The highest BCUT2D eigenvalue weighted by Gasteiger charge is 2.46. The van der Waals surface area contributed by atoms with Gasteiger partial charge in [-0.1, -0.05) is 52.3 Å². The van der Waals surface area contributed by atoms with E-state index in [1.807, 2.05) is 24.3 Å². The summed E-state index contributed by atoms with van der Waals surface area (Å²) >= 11 is 3.51. The minimum atomic E-state index is 0.0819. The molecular weight excluding hydrogens is 376 g/mol. The summed E-state index contributed by atoms with van der Waals surface area (Å²) < 4.78 is 3.17. The standard InChI is InChI=1S/C21H21BrN2O/c1-24-13-17(16-7-3-5-9-19(16)24)21(10-11-21)14-23-20(25)12-15-6-2-4-8-18(15)22/h2-9,13H,10-12,14H2,1H3,(H,23,25). The summed E-state index contributed by atoms with van der Waals surface area (Å²) in [4.78, 5) is 12.4. The number of carbonyl (C=O) groups is 1. The van der Waals surface area contributed by atoms with E-state index < -0.39 is 0 Å². The van der Waals surface area contributed by atoms with Gasteiger partial charge in [-0.05, 0) is 36.1 Å². The lowest BCUT2D eigenvalue weighted by Crippen LogP contribution is -2.33. The number of fused-ring (bicyclic) bond motifs is 1. The molecule has 0 bridgehead atoms. The zero-order valence-electron chi connectivity index (χ0n) is 14.3. The Bertz CT molecular complexity index is 940. The average Bonchev–Trinajstić information content (AvgIpc) is 3.33. The Kier molecular flexibility index (Phi) is 4.16. The summed E-state index contributed by atoms with van der Waals surface area (Å²) in [6.07, 6.45) is 4.91. The van der Waals surface area contributed by atoms with E-state index in [1.54, 1.807) is 0 Å². The Morgan fingerprint density at radius 3 is 2.64 bits per heavy atom. The van der Waals surface area contributed by atoms with Gasteiger partial charge >= 0.3 is 0 Å².